The maximum absolute atomic E-state index is 12.2. The SMILES string of the molecule is C[C@@H]1C=CC=C(OC(F)(F)F)CC1C/C=C/C#N. The zero-order valence-electron chi connectivity index (χ0n) is 9.95. The Kier molecular flexibility index (Phi) is 5.02. The van der Waals surface area contributed by atoms with Gasteiger partial charge < -0.3 is 4.74 Å². The number of hydrogen-bond donors (Lipinski definition) is 0. The molecule has 1 unspecified atom stereocenters. The lowest BCUT2D eigenvalue weighted by Crippen LogP contribution is -2.16. The second kappa shape index (κ2) is 6.29. The number of alkyl halides is 3. The van der Waals surface area contributed by atoms with Gasteiger partial charge in [-0.15, -0.1) is 13.2 Å². The summed E-state index contributed by atoms with van der Waals surface area (Å²) in [7, 11) is 0. The Balaban J connectivity index is 2.69. The summed E-state index contributed by atoms with van der Waals surface area (Å²) in [5, 5.41) is 8.39. The largest absolute Gasteiger partial charge is 0.572 e. The highest BCUT2D eigenvalue weighted by Gasteiger charge is 2.33. The molecule has 1 aliphatic carbocycles. The molecule has 1 rings (SSSR count). The van der Waals surface area contributed by atoms with Gasteiger partial charge in [0, 0.05) is 12.5 Å². The van der Waals surface area contributed by atoms with Crippen LogP contribution in [0.4, 0.5) is 13.2 Å². The molecular weight excluding hydrogens is 243 g/mol. The van der Waals surface area contributed by atoms with E-state index >= 15 is 0 Å². The minimum Gasteiger partial charge on any atom is -0.410 e. The number of ether oxygens (including phenoxy) is 1. The van der Waals surface area contributed by atoms with Gasteiger partial charge in [-0.3, -0.25) is 0 Å². The van der Waals surface area contributed by atoms with Crippen molar-refractivity contribution in [2.75, 3.05) is 0 Å². The molecule has 0 aromatic heterocycles. The number of nitriles is 1. The van der Waals surface area contributed by atoms with Gasteiger partial charge in [0.05, 0.1) is 6.07 Å². The minimum atomic E-state index is -4.65. The lowest BCUT2D eigenvalue weighted by molar-refractivity contribution is -0.306. The molecule has 18 heavy (non-hydrogen) atoms. The summed E-state index contributed by atoms with van der Waals surface area (Å²) in [6, 6.07) is 1.86. The molecule has 0 saturated heterocycles. The molecule has 0 N–H and O–H groups in total. The summed E-state index contributed by atoms with van der Waals surface area (Å²) in [6.45, 7) is 1.94. The molecule has 1 aliphatic rings. The Labute approximate surface area is 104 Å². The van der Waals surface area contributed by atoms with Crippen LogP contribution in [0.15, 0.2) is 36.1 Å². The maximum Gasteiger partial charge on any atom is 0.572 e. The quantitative estimate of drug-likeness (QED) is 0.713. The highest BCUT2D eigenvalue weighted by Crippen LogP contribution is 2.31. The molecule has 0 radical (unpaired) electrons. The Morgan fingerprint density at radius 3 is 2.89 bits per heavy atom. The van der Waals surface area contributed by atoms with Crippen LogP contribution >= 0.6 is 0 Å². The van der Waals surface area contributed by atoms with E-state index in [1.165, 1.54) is 12.2 Å². The van der Waals surface area contributed by atoms with Crippen molar-refractivity contribution < 1.29 is 17.9 Å². The van der Waals surface area contributed by atoms with E-state index in [2.05, 4.69) is 4.74 Å². The van der Waals surface area contributed by atoms with E-state index in [1.807, 2.05) is 19.1 Å². The molecule has 5 heteroatoms. The molecule has 0 aromatic rings. The normalized spacial score (nSPS) is 24.5. The van der Waals surface area contributed by atoms with Gasteiger partial charge in [0.15, 0.2) is 0 Å². The molecule has 0 aliphatic heterocycles. The van der Waals surface area contributed by atoms with E-state index in [0.29, 0.717) is 6.42 Å². The Morgan fingerprint density at radius 2 is 2.28 bits per heavy atom. The molecule has 0 bridgehead atoms. The summed E-state index contributed by atoms with van der Waals surface area (Å²) in [5.41, 5.74) is 0. The third kappa shape index (κ3) is 5.09. The van der Waals surface area contributed by atoms with Crippen LogP contribution in [0.2, 0.25) is 0 Å². The number of halogens is 3. The highest BCUT2D eigenvalue weighted by atomic mass is 19.4. The van der Waals surface area contributed by atoms with Crippen molar-refractivity contribution in [2.45, 2.75) is 26.1 Å². The molecule has 0 amide bonds. The van der Waals surface area contributed by atoms with E-state index in [0.717, 1.165) is 0 Å². The van der Waals surface area contributed by atoms with Gasteiger partial charge in [0.2, 0.25) is 0 Å². The van der Waals surface area contributed by atoms with Crippen LogP contribution in [-0.4, -0.2) is 6.36 Å². The first-order chi connectivity index (χ1) is 8.42. The van der Waals surface area contributed by atoms with Crippen molar-refractivity contribution in [2.24, 2.45) is 11.8 Å². The van der Waals surface area contributed by atoms with E-state index in [4.69, 9.17) is 5.26 Å². The Bertz CT molecular complexity index is 401. The smallest absolute Gasteiger partial charge is 0.410 e. The average Bonchev–Trinajstić information content (AvgIpc) is 2.40. The van der Waals surface area contributed by atoms with Crippen LogP contribution in [0.5, 0.6) is 0 Å². The van der Waals surface area contributed by atoms with Crippen LogP contribution in [0, 0.1) is 23.2 Å². The van der Waals surface area contributed by atoms with Crippen LogP contribution in [0.3, 0.4) is 0 Å². The Morgan fingerprint density at radius 1 is 1.56 bits per heavy atom. The molecule has 0 spiro atoms. The topological polar surface area (TPSA) is 33.0 Å². The van der Waals surface area contributed by atoms with Crippen molar-refractivity contribution in [1.82, 2.24) is 0 Å². The Hall–Kier alpha value is -1.70. The fourth-order valence-electron chi connectivity index (χ4n) is 1.83. The predicted molar refractivity (Wildman–Crippen MR) is 61.0 cm³/mol. The molecule has 0 heterocycles. The number of rotatable bonds is 3. The van der Waals surface area contributed by atoms with Crippen LogP contribution < -0.4 is 0 Å². The van der Waals surface area contributed by atoms with Crippen LogP contribution in [0.1, 0.15) is 19.8 Å². The fourth-order valence-corrected chi connectivity index (χ4v) is 1.83. The van der Waals surface area contributed by atoms with Gasteiger partial charge in [-0.05, 0) is 24.3 Å². The predicted octanol–water partition coefficient (Wildman–Crippen LogP) is 4.09. The van der Waals surface area contributed by atoms with Gasteiger partial charge >= 0.3 is 6.36 Å². The number of nitrogens with zero attached hydrogens (tertiary/aromatic N) is 1. The molecule has 2 nitrogen and oxygen atoms in total. The van der Waals surface area contributed by atoms with Gasteiger partial charge in [-0.25, -0.2) is 0 Å². The van der Waals surface area contributed by atoms with Crippen LogP contribution in [-0.2, 0) is 4.74 Å². The molecule has 98 valence electrons. The zero-order chi connectivity index (χ0) is 13.6. The van der Waals surface area contributed by atoms with Crippen molar-refractivity contribution in [1.29, 1.82) is 5.26 Å². The summed E-state index contributed by atoms with van der Waals surface area (Å²) < 4.78 is 40.4. The monoisotopic (exact) mass is 257 g/mol. The van der Waals surface area contributed by atoms with Gasteiger partial charge in [0.25, 0.3) is 0 Å². The fraction of sp³-hybridized carbons (Fsp3) is 0.462. The minimum absolute atomic E-state index is 0.00181. The lowest BCUT2D eigenvalue weighted by Gasteiger charge is -2.20. The lowest BCUT2D eigenvalue weighted by atomic mass is 9.88. The standard InChI is InChI=1S/C13H14F3NO/c1-10-5-4-7-12(18-13(14,15)16)9-11(10)6-2-3-8-17/h2-5,7,10-11H,6,9H2,1H3/b3-2+/t10-,11?/m1/s1. The first kappa shape index (κ1) is 14.4. The highest BCUT2D eigenvalue weighted by molar-refractivity contribution is 5.14. The van der Waals surface area contributed by atoms with Gasteiger partial charge in [0.1, 0.15) is 5.76 Å². The van der Waals surface area contributed by atoms with Gasteiger partial charge in [-0.1, -0.05) is 25.2 Å². The van der Waals surface area contributed by atoms with E-state index in [9.17, 15) is 13.2 Å². The average molecular weight is 257 g/mol. The molecule has 0 fully saturated rings. The third-order valence-corrected chi connectivity index (χ3v) is 2.78. The van der Waals surface area contributed by atoms with Crippen LogP contribution in [0.25, 0.3) is 0 Å². The van der Waals surface area contributed by atoms with Crippen molar-refractivity contribution >= 4 is 0 Å². The second-order valence-electron chi connectivity index (χ2n) is 4.16. The van der Waals surface area contributed by atoms with E-state index < -0.39 is 6.36 Å². The molecule has 0 aromatic carbocycles. The molecular formula is C13H14F3NO. The maximum atomic E-state index is 12.2. The number of hydrogen-bond acceptors (Lipinski definition) is 2. The van der Waals surface area contributed by atoms with E-state index in [1.54, 1.807) is 12.2 Å². The first-order valence-corrected chi connectivity index (χ1v) is 5.60. The summed E-state index contributed by atoms with van der Waals surface area (Å²) in [6.07, 6.45) is 3.90. The first-order valence-electron chi connectivity index (χ1n) is 5.60. The van der Waals surface area contributed by atoms with E-state index in [-0.39, 0.29) is 24.0 Å². The summed E-state index contributed by atoms with van der Waals surface area (Å²) >= 11 is 0. The molecule has 2 atom stereocenters. The van der Waals surface area contributed by atoms with Crippen molar-refractivity contribution in [3.8, 4) is 6.07 Å². The third-order valence-electron chi connectivity index (χ3n) is 2.78. The van der Waals surface area contributed by atoms with Gasteiger partial charge in [-0.2, -0.15) is 5.26 Å². The zero-order valence-corrected chi connectivity index (χ0v) is 9.95. The second-order valence-corrected chi connectivity index (χ2v) is 4.16. The number of allylic oxidation sites excluding steroid dienone is 6. The van der Waals surface area contributed by atoms with Crippen molar-refractivity contribution in [3.05, 3.63) is 36.1 Å². The summed E-state index contributed by atoms with van der Waals surface area (Å²) in [4.78, 5) is 0. The summed E-state index contributed by atoms with van der Waals surface area (Å²) in [5.74, 6) is 0.0549. The molecule has 0 saturated carbocycles. The van der Waals surface area contributed by atoms with Crippen molar-refractivity contribution in [3.63, 3.8) is 0 Å².